The van der Waals surface area contributed by atoms with Gasteiger partial charge in [-0.15, -0.1) is 11.3 Å². The highest BCUT2D eigenvalue weighted by atomic mass is 32.1. The Hall–Kier alpha value is -5.44. The van der Waals surface area contributed by atoms with Gasteiger partial charge in [-0.3, -0.25) is 0 Å². The van der Waals surface area contributed by atoms with E-state index in [1.54, 1.807) is 11.1 Å². The van der Waals surface area contributed by atoms with Crippen LogP contribution in [0.5, 0.6) is 0 Å². The van der Waals surface area contributed by atoms with Crippen molar-refractivity contribution in [2.24, 2.45) is 11.8 Å². The van der Waals surface area contributed by atoms with E-state index >= 15 is 0 Å². The van der Waals surface area contributed by atoms with Crippen molar-refractivity contribution in [1.29, 1.82) is 0 Å². The number of thiophene rings is 1. The lowest BCUT2D eigenvalue weighted by Gasteiger charge is -2.37. The number of benzene rings is 7. The summed E-state index contributed by atoms with van der Waals surface area (Å²) in [6.07, 6.45) is 5.38. The highest BCUT2D eigenvalue weighted by Crippen LogP contribution is 2.67. The molecule has 7 aromatic carbocycles. The average molecular weight is 672 g/mol. The summed E-state index contributed by atoms with van der Waals surface area (Å²) in [5, 5.41) is 2.68. The molecule has 3 atom stereocenters. The molecule has 244 valence electrons. The van der Waals surface area contributed by atoms with Gasteiger partial charge >= 0.3 is 0 Å². The summed E-state index contributed by atoms with van der Waals surface area (Å²) < 4.78 is 2.69. The molecule has 0 radical (unpaired) electrons. The lowest BCUT2D eigenvalue weighted by atomic mass is 9.67. The largest absolute Gasteiger partial charge is 0.309 e. The van der Waals surface area contributed by atoms with E-state index in [4.69, 9.17) is 0 Å². The van der Waals surface area contributed by atoms with E-state index in [1.165, 1.54) is 96.3 Å². The molecular formula is C49H37NS. The van der Waals surface area contributed by atoms with Crippen LogP contribution in [-0.4, -0.2) is 0 Å². The molecule has 8 aromatic rings. The van der Waals surface area contributed by atoms with E-state index in [0.29, 0.717) is 0 Å². The molecule has 1 heterocycles. The summed E-state index contributed by atoms with van der Waals surface area (Å²) >= 11 is 1.90. The lowest BCUT2D eigenvalue weighted by Crippen LogP contribution is -2.31. The number of para-hydroxylation sites is 1. The molecule has 1 spiro atoms. The van der Waals surface area contributed by atoms with Gasteiger partial charge in [-0.25, -0.2) is 0 Å². The van der Waals surface area contributed by atoms with Gasteiger partial charge in [0.1, 0.15) is 0 Å². The Morgan fingerprint density at radius 3 is 2.02 bits per heavy atom. The van der Waals surface area contributed by atoms with Crippen LogP contribution in [0.25, 0.3) is 53.6 Å². The minimum absolute atomic E-state index is 0.127. The molecule has 2 heteroatoms. The molecule has 2 bridgehead atoms. The first-order valence-corrected chi connectivity index (χ1v) is 19.3. The van der Waals surface area contributed by atoms with Crippen LogP contribution in [0.1, 0.15) is 36.8 Å². The first-order valence-electron chi connectivity index (χ1n) is 18.5. The number of rotatable bonds is 5. The monoisotopic (exact) mass is 671 g/mol. The molecule has 3 aliphatic carbocycles. The third-order valence-corrected chi connectivity index (χ3v) is 13.6. The summed E-state index contributed by atoms with van der Waals surface area (Å²) in [5.74, 6) is 1.56. The first kappa shape index (κ1) is 29.3. The van der Waals surface area contributed by atoms with Crippen LogP contribution < -0.4 is 4.90 Å². The van der Waals surface area contributed by atoms with Gasteiger partial charge in [-0.2, -0.15) is 0 Å². The highest BCUT2D eigenvalue weighted by Gasteiger charge is 2.57. The minimum Gasteiger partial charge on any atom is -0.309 e. The standard InChI is InChI=1S/C49H37NS/c1-2-12-33(13-3-1)37-14-5-8-21-44(37)50(36-28-25-34(26-29-36)38-17-10-18-40-39-15-6-9-23-46(39)51-48(38)40)45-22-11-20-43-47(45)41-16-4-7-19-42(41)49(43)31-32-24-27-35(49)30-32/h1-23,25-26,28-29,32,35H,24,27,30-31H2. The maximum Gasteiger partial charge on any atom is 0.0543 e. The van der Waals surface area contributed by atoms with Crippen molar-refractivity contribution in [3.63, 3.8) is 0 Å². The smallest absolute Gasteiger partial charge is 0.0543 e. The SMILES string of the molecule is c1ccc(-c2ccccc2N(c2ccc(-c3cccc4c3sc3ccccc34)cc2)c2cccc3c2-c2ccccc2C32CC3CCC2C3)cc1. The molecule has 3 aliphatic rings. The van der Waals surface area contributed by atoms with E-state index in [0.717, 1.165) is 11.8 Å². The highest BCUT2D eigenvalue weighted by molar-refractivity contribution is 7.26. The Morgan fingerprint density at radius 2 is 1.18 bits per heavy atom. The number of hydrogen-bond acceptors (Lipinski definition) is 2. The molecule has 11 rings (SSSR count). The van der Waals surface area contributed by atoms with Crippen LogP contribution in [0, 0.1) is 11.8 Å². The Balaban J connectivity index is 1.13. The van der Waals surface area contributed by atoms with Crippen molar-refractivity contribution >= 4 is 48.6 Å². The summed E-state index contributed by atoms with van der Waals surface area (Å²) in [7, 11) is 0. The van der Waals surface area contributed by atoms with Gasteiger partial charge in [-0.1, -0.05) is 140 Å². The molecule has 0 amide bonds. The van der Waals surface area contributed by atoms with Crippen molar-refractivity contribution in [3.05, 3.63) is 175 Å². The van der Waals surface area contributed by atoms with Gasteiger partial charge in [0.05, 0.1) is 11.4 Å². The quantitative estimate of drug-likeness (QED) is 0.176. The zero-order chi connectivity index (χ0) is 33.5. The third kappa shape index (κ3) is 4.27. The van der Waals surface area contributed by atoms with Crippen molar-refractivity contribution in [1.82, 2.24) is 0 Å². The topological polar surface area (TPSA) is 3.24 Å². The predicted molar refractivity (Wildman–Crippen MR) is 217 cm³/mol. The number of nitrogens with zero attached hydrogens (tertiary/aromatic N) is 1. The maximum absolute atomic E-state index is 2.55. The van der Waals surface area contributed by atoms with E-state index in [2.05, 4.69) is 169 Å². The molecule has 1 nitrogen and oxygen atoms in total. The van der Waals surface area contributed by atoms with E-state index in [-0.39, 0.29) is 5.41 Å². The van der Waals surface area contributed by atoms with Gasteiger partial charge in [0, 0.05) is 42.4 Å². The summed E-state index contributed by atoms with van der Waals surface area (Å²) in [4.78, 5) is 2.55. The predicted octanol–water partition coefficient (Wildman–Crippen LogP) is 13.9. The normalized spacial score (nSPS) is 19.9. The molecule has 1 aromatic heterocycles. The van der Waals surface area contributed by atoms with E-state index < -0.39 is 0 Å². The van der Waals surface area contributed by atoms with Crippen LogP contribution in [0.4, 0.5) is 17.1 Å². The number of anilines is 3. The summed E-state index contributed by atoms with van der Waals surface area (Å²) in [6.45, 7) is 0. The van der Waals surface area contributed by atoms with E-state index in [1.807, 2.05) is 11.3 Å². The van der Waals surface area contributed by atoms with Crippen molar-refractivity contribution in [2.45, 2.75) is 31.1 Å². The molecule has 0 saturated heterocycles. The summed E-state index contributed by atoms with van der Waals surface area (Å²) in [5.41, 5.74) is 14.7. The fraction of sp³-hybridized carbons (Fsp3) is 0.143. The van der Waals surface area contributed by atoms with Crippen molar-refractivity contribution < 1.29 is 0 Å². The molecule has 3 unspecified atom stereocenters. The van der Waals surface area contributed by atoms with Gasteiger partial charge < -0.3 is 4.90 Å². The zero-order valence-electron chi connectivity index (χ0n) is 28.4. The number of fused-ring (bicyclic) bond motifs is 11. The second-order valence-electron chi connectivity index (χ2n) is 14.8. The molecular weight excluding hydrogens is 635 g/mol. The number of hydrogen-bond donors (Lipinski definition) is 0. The third-order valence-electron chi connectivity index (χ3n) is 12.4. The summed E-state index contributed by atoms with van der Waals surface area (Å²) in [6, 6.07) is 61.3. The minimum atomic E-state index is 0.127. The average Bonchev–Trinajstić information content (AvgIpc) is 3.98. The fourth-order valence-electron chi connectivity index (χ4n) is 10.3. The van der Waals surface area contributed by atoms with Crippen LogP contribution >= 0.6 is 11.3 Å². The van der Waals surface area contributed by atoms with Gasteiger partial charge in [-0.05, 0) is 94.8 Å². The Kier molecular flexibility index (Phi) is 6.48. The molecule has 2 fully saturated rings. The van der Waals surface area contributed by atoms with Crippen molar-refractivity contribution in [2.75, 3.05) is 4.90 Å². The first-order chi connectivity index (χ1) is 25.3. The Morgan fingerprint density at radius 1 is 0.510 bits per heavy atom. The lowest BCUT2D eigenvalue weighted by molar-refractivity contribution is 0.327. The van der Waals surface area contributed by atoms with Crippen molar-refractivity contribution in [3.8, 4) is 33.4 Å². The maximum atomic E-state index is 2.55. The Bertz CT molecular complexity index is 2610. The zero-order valence-corrected chi connectivity index (χ0v) is 29.2. The van der Waals surface area contributed by atoms with Gasteiger partial charge in [0.15, 0.2) is 0 Å². The van der Waals surface area contributed by atoms with Gasteiger partial charge in [0.2, 0.25) is 0 Å². The van der Waals surface area contributed by atoms with Crippen LogP contribution in [0.2, 0.25) is 0 Å². The second kappa shape index (κ2) is 11.3. The van der Waals surface area contributed by atoms with E-state index in [9.17, 15) is 0 Å². The van der Waals surface area contributed by atoms with Crippen LogP contribution in [0.3, 0.4) is 0 Å². The Labute approximate surface area is 303 Å². The van der Waals surface area contributed by atoms with Gasteiger partial charge in [0.25, 0.3) is 0 Å². The second-order valence-corrected chi connectivity index (χ2v) is 15.9. The molecule has 0 N–H and O–H groups in total. The molecule has 2 saturated carbocycles. The van der Waals surface area contributed by atoms with Crippen LogP contribution in [0.15, 0.2) is 164 Å². The molecule has 51 heavy (non-hydrogen) atoms. The fourth-order valence-corrected chi connectivity index (χ4v) is 11.5. The van der Waals surface area contributed by atoms with Crippen LogP contribution in [-0.2, 0) is 5.41 Å². The molecule has 0 aliphatic heterocycles.